The molecule has 27 heavy (non-hydrogen) atoms. The van der Waals surface area contributed by atoms with Gasteiger partial charge in [0.05, 0.1) is 23.9 Å². The normalized spacial score (nSPS) is 10.7. The molecular formula is C20H21N3O4. The zero-order valence-corrected chi connectivity index (χ0v) is 15.0. The highest BCUT2D eigenvalue weighted by Crippen LogP contribution is 2.13. The number of aromatic amines is 1. The second-order valence-corrected chi connectivity index (χ2v) is 6.05. The summed E-state index contributed by atoms with van der Waals surface area (Å²) >= 11 is 0. The van der Waals surface area contributed by atoms with E-state index in [1.165, 1.54) is 4.68 Å². The number of H-pyrrole nitrogens is 1. The first-order valence-corrected chi connectivity index (χ1v) is 8.79. The number of aryl methyl sites for hydroxylation is 1. The summed E-state index contributed by atoms with van der Waals surface area (Å²) in [4.78, 5) is 36.6. The number of ether oxygens (including phenoxy) is 1. The molecule has 0 spiro atoms. The van der Waals surface area contributed by atoms with Gasteiger partial charge in [0.2, 0.25) is 5.91 Å². The van der Waals surface area contributed by atoms with E-state index in [1.54, 1.807) is 24.3 Å². The van der Waals surface area contributed by atoms with E-state index in [1.807, 2.05) is 31.2 Å². The molecule has 2 N–H and O–H groups in total. The summed E-state index contributed by atoms with van der Waals surface area (Å²) < 4.78 is 6.61. The standard InChI is InChI=1S/C20H21N3O4/c1-2-27-15-7-5-6-14(12-15)13-21-18(24)10-11-23-20(26)17-9-4-3-8-16(17)19(25)22-23/h3-9,12H,2,10-11,13H2,1H3,(H,21,24)(H,22,25). The van der Waals surface area contributed by atoms with Gasteiger partial charge in [-0.25, -0.2) is 4.68 Å². The molecule has 0 fully saturated rings. The predicted molar refractivity (Wildman–Crippen MR) is 103 cm³/mol. The van der Waals surface area contributed by atoms with Crippen molar-refractivity contribution in [3.8, 4) is 5.75 Å². The van der Waals surface area contributed by atoms with Crippen LogP contribution in [-0.4, -0.2) is 22.3 Å². The lowest BCUT2D eigenvalue weighted by molar-refractivity contribution is -0.121. The Morgan fingerprint density at radius 2 is 1.89 bits per heavy atom. The molecule has 2 aromatic carbocycles. The third-order valence-corrected chi connectivity index (χ3v) is 4.15. The molecule has 0 saturated heterocycles. The van der Waals surface area contributed by atoms with Gasteiger partial charge in [0.15, 0.2) is 0 Å². The van der Waals surface area contributed by atoms with Crippen LogP contribution in [0.25, 0.3) is 10.8 Å². The van der Waals surface area contributed by atoms with Crippen LogP contribution in [0, 0.1) is 0 Å². The summed E-state index contributed by atoms with van der Waals surface area (Å²) in [6.45, 7) is 2.95. The Balaban J connectivity index is 1.62. The number of fused-ring (bicyclic) bond motifs is 1. The predicted octanol–water partition coefficient (Wildman–Crippen LogP) is 1.79. The van der Waals surface area contributed by atoms with Crippen LogP contribution in [0.5, 0.6) is 5.75 Å². The average Bonchev–Trinajstić information content (AvgIpc) is 2.69. The molecular weight excluding hydrogens is 346 g/mol. The number of amides is 1. The zero-order valence-electron chi connectivity index (χ0n) is 15.0. The van der Waals surface area contributed by atoms with Crippen molar-refractivity contribution in [1.82, 2.24) is 15.1 Å². The highest BCUT2D eigenvalue weighted by atomic mass is 16.5. The average molecular weight is 367 g/mol. The van der Waals surface area contributed by atoms with Crippen molar-refractivity contribution in [2.75, 3.05) is 6.61 Å². The van der Waals surface area contributed by atoms with Gasteiger partial charge in [-0.3, -0.25) is 19.5 Å². The van der Waals surface area contributed by atoms with E-state index >= 15 is 0 Å². The molecule has 0 saturated carbocycles. The van der Waals surface area contributed by atoms with Crippen LogP contribution in [0.4, 0.5) is 0 Å². The van der Waals surface area contributed by atoms with Crippen LogP contribution in [0.2, 0.25) is 0 Å². The Bertz CT molecular complexity index is 1070. The molecule has 0 unspecified atom stereocenters. The van der Waals surface area contributed by atoms with E-state index in [0.29, 0.717) is 23.9 Å². The van der Waals surface area contributed by atoms with Crippen molar-refractivity contribution in [2.24, 2.45) is 0 Å². The van der Waals surface area contributed by atoms with E-state index in [0.717, 1.165) is 11.3 Å². The molecule has 0 atom stereocenters. The van der Waals surface area contributed by atoms with E-state index in [-0.39, 0.29) is 30.0 Å². The minimum Gasteiger partial charge on any atom is -0.494 e. The number of rotatable bonds is 7. The van der Waals surface area contributed by atoms with Crippen molar-refractivity contribution in [1.29, 1.82) is 0 Å². The lowest BCUT2D eigenvalue weighted by atomic mass is 10.2. The maximum Gasteiger partial charge on any atom is 0.273 e. The molecule has 0 aliphatic heterocycles. The number of benzene rings is 2. The fourth-order valence-corrected chi connectivity index (χ4v) is 2.82. The van der Waals surface area contributed by atoms with E-state index in [4.69, 9.17) is 4.74 Å². The van der Waals surface area contributed by atoms with Gasteiger partial charge in [-0.1, -0.05) is 24.3 Å². The minimum atomic E-state index is -0.349. The van der Waals surface area contributed by atoms with E-state index in [9.17, 15) is 14.4 Å². The quantitative estimate of drug-likeness (QED) is 0.666. The molecule has 140 valence electrons. The Morgan fingerprint density at radius 1 is 1.11 bits per heavy atom. The number of nitrogens with one attached hydrogen (secondary N) is 2. The summed E-state index contributed by atoms with van der Waals surface area (Å²) in [7, 11) is 0. The lowest BCUT2D eigenvalue weighted by Crippen LogP contribution is -2.32. The first-order chi connectivity index (χ1) is 13.1. The molecule has 0 radical (unpaired) electrons. The summed E-state index contributed by atoms with van der Waals surface area (Å²) in [6, 6.07) is 14.1. The molecule has 1 aromatic heterocycles. The highest BCUT2D eigenvalue weighted by Gasteiger charge is 2.08. The van der Waals surface area contributed by atoms with Crippen molar-refractivity contribution < 1.29 is 9.53 Å². The first kappa shape index (κ1) is 18.4. The molecule has 7 nitrogen and oxygen atoms in total. The molecule has 1 heterocycles. The van der Waals surface area contributed by atoms with Gasteiger partial charge in [0, 0.05) is 13.0 Å². The third kappa shape index (κ3) is 4.44. The summed E-state index contributed by atoms with van der Waals surface area (Å²) in [6.07, 6.45) is 0.0827. The maximum atomic E-state index is 12.4. The first-order valence-electron chi connectivity index (χ1n) is 8.79. The number of carbonyl (C=O) groups is 1. The van der Waals surface area contributed by atoms with Crippen LogP contribution >= 0.6 is 0 Å². The number of aromatic nitrogens is 2. The van der Waals surface area contributed by atoms with Gasteiger partial charge in [-0.2, -0.15) is 0 Å². The van der Waals surface area contributed by atoms with E-state index < -0.39 is 0 Å². The van der Waals surface area contributed by atoms with Gasteiger partial charge in [-0.15, -0.1) is 0 Å². The van der Waals surface area contributed by atoms with Crippen LogP contribution in [0.15, 0.2) is 58.1 Å². The van der Waals surface area contributed by atoms with Crippen molar-refractivity contribution in [2.45, 2.75) is 26.4 Å². The van der Waals surface area contributed by atoms with Gasteiger partial charge in [0.25, 0.3) is 11.1 Å². The van der Waals surface area contributed by atoms with Gasteiger partial charge in [0.1, 0.15) is 5.75 Å². The van der Waals surface area contributed by atoms with Crippen molar-refractivity contribution >= 4 is 16.7 Å². The zero-order chi connectivity index (χ0) is 19.2. The molecule has 7 heteroatoms. The van der Waals surface area contributed by atoms with Crippen LogP contribution in [-0.2, 0) is 17.9 Å². The Morgan fingerprint density at radius 3 is 2.67 bits per heavy atom. The topological polar surface area (TPSA) is 93.2 Å². The molecule has 0 bridgehead atoms. The minimum absolute atomic E-state index is 0.0827. The van der Waals surface area contributed by atoms with Gasteiger partial charge < -0.3 is 10.1 Å². The molecule has 1 amide bonds. The molecule has 0 aliphatic carbocycles. The second kappa shape index (κ2) is 8.35. The number of nitrogens with zero attached hydrogens (tertiary/aromatic N) is 1. The Kier molecular flexibility index (Phi) is 5.71. The summed E-state index contributed by atoms with van der Waals surface area (Å²) in [5.74, 6) is 0.544. The molecule has 0 aliphatic rings. The smallest absolute Gasteiger partial charge is 0.273 e. The second-order valence-electron chi connectivity index (χ2n) is 6.05. The van der Waals surface area contributed by atoms with Gasteiger partial charge >= 0.3 is 0 Å². The monoisotopic (exact) mass is 367 g/mol. The number of carbonyl (C=O) groups excluding carboxylic acids is 1. The van der Waals surface area contributed by atoms with E-state index in [2.05, 4.69) is 10.4 Å². The third-order valence-electron chi connectivity index (χ3n) is 4.15. The largest absolute Gasteiger partial charge is 0.494 e. The van der Waals surface area contributed by atoms with Crippen LogP contribution in [0.3, 0.4) is 0 Å². The molecule has 3 rings (SSSR count). The maximum absolute atomic E-state index is 12.4. The SMILES string of the molecule is CCOc1cccc(CNC(=O)CCn2[nH]c(=O)c3ccccc3c2=O)c1. The highest BCUT2D eigenvalue weighted by molar-refractivity contribution is 5.80. The Hall–Kier alpha value is -3.35. The Labute approximate surface area is 155 Å². The number of hydrogen-bond donors (Lipinski definition) is 2. The number of hydrogen-bond acceptors (Lipinski definition) is 4. The lowest BCUT2D eigenvalue weighted by Gasteiger charge is -2.09. The summed E-state index contributed by atoms with van der Waals surface area (Å²) in [5, 5.41) is 6.02. The fourth-order valence-electron chi connectivity index (χ4n) is 2.82. The molecule has 3 aromatic rings. The van der Waals surface area contributed by atoms with Crippen molar-refractivity contribution in [3.05, 3.63) is 74.8 Å². The van der Waals surface area contributed by atoms with Crippen molar-refractivity contribution in [3.63, 3.8) is 0 Å². The van der Waals surface area contributed by atoms with Crippen LogP contribution < -0.4 is 21.2 Å². The van der Waals surface area contributed by atoms with Crippen LogP contribution in [0.1, 0.15) is 18.9 Å². The van der Waals surface area contributed by atoms with Gasteiger partial charge in [-0.05, 0) is 36.8 Å². The summed E-state index contributed by atoms with van der Waals surface area (Å²) in [5.41, 5.74) is 0.256. The fraction of sp³-hybridized carbons (Fsp3) is 0.250.